The Morgan fingerprint density at radius 3 is 2.93 bits per heavy atom. The highest BCUT2D eigenvalue weighted by atomic mass is 16.5. The van der Waals surface area contributed by atoms with E-state index in [0.29, 0.717) is 11.4 Å². The van der Waals surface area contributed by atoms with Gasteiger partial charge >= 0.3 is 0 Å². The lowest BCUT2D eigenvalue weighted by Gasteiger charge is -2.08. The molecule has 0 aromatic carbocycles. The third-order valence-corrected chi connectivity index (χ3v) is 1.63. The number of amides is 1. The minimum atomic E-state index is -0.110. The molecule has 1 heterocycles. The van der Waals surface area contributed by atoms with Crippen molar-refractivity contribution in [2.24, 2.45) is 0 Å². The van der Waals surface area contributed by atoms with Gasteiger partial charge in [-0.15, -0.1) is 0 Å². The minimum absolute atomic E-state index is 0. The molecule has 0 radical (unpaired) electrons. The topological polar surface area (TPSA) is 51.2 Å². The van der Waals surface area contributed by atoms with Gasteiger partial charge in [0.2, 0.25) is 5.88 Å². The van der Waals surface area contributed by atoms with Crippen LogP contribution in [0.5, 0.6) is 5.88 Å². The lowest BCUT2D eigenvalue weighted by atomic mass is 10.2. The van der Waals surface area contributed by atoms with Crippen molar-refractivity contribution in [3.8, 4) is 5.88 Å². The Labute approximate surface area is 84.8 Å². The van der Waals surface area contributed by atoms with Crippen LogP contribution in [0, 0.1) is 0 Å². The maximum atomic E-state index is 11.5. The summed E-state index contributed by atoms with van der Waals surface area (Å²) in [6.45, 7) is 3.83. The van der Waals surface area contributed by atoms with E-state index in [1.54, 1.807) is 18.3 Å². The molecule has 1 aromatic heterocycles. The first-order valence-electron chi connectivity index (χ1n) is 4.44. The van der Waals surface area contributed by atoms with Crippen molar-refractivity contribution in [2.75, 3.05) is 7.11 Å². The third kappa shape index (κ3) is 2.73. The van der Waals surface area contributed by atoms with Crippen LogP contribution in [0.3, 0.4) is 0 Å². The molecule has 0 saturated carbocycles. The van der Waals surface area contributed by atoms with Gasteiger partial charge < -0.3 is 10.1 Å². The zero-order chi connectivity index (χ0) is 10.6. The van der Waals surface area contributed by atoms with Gasteiger partial charge in [-0.25, -0.2) is 4.98 Å². The zero-order valence-corrected chi connectivity index (χ0v) is 8.57. The Morgan fingerprint density at radius 1 is 1.64 bits per heavy atom. The summed E-state index contributed by atoms with van der Waals surface area (Å²) >= 11 is 0. The van der Waals surface area contributed by atoms with Crippen molar-refractivity contribution in [1.29, 1.82) is 0 Å². The number of rotatable bonds is 3. The van der Waals surface area contributed by atoms with E-state index in [9.17, 15) is 4.79 Å². The molecular formula is C10H16N2O2. The normalized spacial score (nSPS) is 10.0. The van der Waals surface area contributed by atoms with E-state index >= 15 is 0 Å². The summed E-state index contributed by atoms with van der Waals surface area (Å²) in [5, 5.41) is 2.79. The largest absolute Gasteiger partial charge is 0.481 e. The van der Waals surface area contributed by atoms with Gasteiger partial charge in [-0.2, -0.15) is 0 Å². The molecule has 1 aromatic rings. The van der Waals surface area contributed by atoms with Gasteiger partial charge in [-0.1, -0.05) is 0 Å². The van der Waals surface area contributed by atoms with Gasteiger partial charge in [0.05, 0.1) is 7.11 Å². The molecule has 1 N–H and O–H groups in total. The van der Waals surface area contributed by atoms with Crippen LogP contribution in [0.2, 0.25) is 0 Å². The lowest BCUT2D eigenvalue weighted by Crippen LogP contribution is -2.30. The SMILES string of the molecule is COc1cc(C(=O)NC(C)C)ccn1.[HH]. The van der Waals surface area contributed by atoms with E-state index in [0.717, 1.165) is 0 Å². The van der Waals surface area contributed by atoms with E-state index in [1.807, 2.05) is 13.8 Å². The minimum Gasteiger partial charge on any atom is -0.481 e. The molecule has 4 heteroatoms. The van der Waals surface area contributed by atoms with Gasteiger partial charge in [0, 0.05) is 25.3 Å². The first-order chi connectivity index (χ1) is 6.63. The van der Waals surface area contributed by atoms with Gasteiger partial charge in [0.1, 0.15) is 0 Å². The molecular weight excluding hydrogens is 180 g/mol. The smallest absolute Gasteiger partial charge is 0.251 e. The number of methoxy groups -OCH3 is 1. The molecule has 0 fully saturated rings. The first kappa shape index (κ1) is 10.5. The molecule has 1 rings (SSSR count). The molecule has 0 saturated heterocycles. The molecule has 0 unspecified atom stereocenters. The van der Waals surface area contributed by atoms with E-state index in [1.165, 1.54) is 7.11 Å². The standard InChI is InChI=1S/C10H14N2O2.H2/c1-7(2)12-10(13)8-4-5-11-9(6-8)14-3;/h4-7H,1-3H3,(H,12,13);1H. The predicted molar refractivity (Wildman–Crippen MR) is 55.5 cm³/mol. The summed E-state index contributed by atoms with van der Waals surface area (Å²) in [4.78, 5) is 15.4. The Morgan fingerprint density at radius 2 is 2.36 bits per heavy atom. The summed E-state index contributed by atoms with van der Waals surface area (Å²) < 4.78 is 4.92. The maximum Gasteiger partial charge on any atom is 0.251 e. The molecule has 0 spiro atoms. The van der Waals surface area contributed by atoms with Crippen molar-refractivity contribution in [3.63, 3.8) is 0 Å². The van der Waals surface area contributed by atoms with Crippen molar-refractivity contribution in [1.82, 2.24) is 10.3 Å². The van der Waals surface area contributed by atoms with Crippen molar-refractivity contribution in [2.45, 2.75) is 19.9 Å². The number of nitrogens with one attached hydrogen (secondary N) is 1. The van der Waals surface area contributed by atoms with E-state index in [4.69, 9.17) is 4.74 Å². The number of carbonyl (C=O) groups excluding carboxylic acids is 1. The van der Waals surface area contributed by atoms with Crippen LogP contribution < -0.4 is 10.1 Å². The van der Waals surface area contributed by atoms with Crippen molar-refractivity contribution < 1.29 is 11.0 Å². The summed E-state index contributed by atoms with van der Waals surface area (Å²) in [6, 6.07) is 3.39. The fourth-order valence-electron chi connectivity index (χ4n) is 1.01. The molecule has 0 atom stereocenters. The van der Waals surface area contributed by atoms with E-state index in [2.05, 4.69) is 10.3 Å². The Kier molecular flexibility index (Phi) is 3.45. The number of pyridine rings is 1. The fourth-order valence-corrected chi connectivity index (χ4v) is 1.01. The monoisotopic (exact) mass is 196 g/mol. The van der Waals surface area contributed by atoms with Crippen molar-refractivity contribution >= 4 is 5.91 Å². The molecule has 0 aliphatic carbocycles. The number of aromatic nitrogens is 1. The number of hydrogen-bond donors (Lipinski definition) is 1. The van der Waals surface area contributed by atoms with Crippen molar-refractivity contribution in [3.05, 3.63) is 23.9 Å². The maximum absolute atomic E-state index is 11.5. The summed E-state index contributed by atoms with van der Waals surface area (Å²) in [6.07, 6.45) is 1.55. The van der Waals surface area contributed by atoms with Crippen LogP contribution in [-0.2, 0) is 0 Å². The van der Waals surface area contributed by atoms with E-state index < -0.39 is 0 Å². The summed E-state index contributed by atoms with van der Waals surface area (Å²) in [7, 11) is 1.52. The van der Waals surface area contributed by atoms with Crippen LogP contribution in [0.4, 0.5) is 0 Å². The zero-order valence-electron chi connectivity index (χ0n) is 8.57. The van der Waals surface area contributed by atoms with Crippen LogP contribution in [0.25, 0.3) is 0 Å². The van der Waals surface area contributed by atoms with Crippen LogP contribution >= 0.6 is 0 Å². The van der Waals surface area contributed by atoms with Crippen LogP contribution in [0.15, 0.2) is 18.3 Å². The molecule has 1 amide bonds. The van der Waals surface area contributed by atoms with Crippen LogP contribution in [0.1, 0.15) is 25.6 Å². The summed E-state index contributed by atoms with van der Waals surface area (Å²) in [5.74, 6) is 0.335. The van der Waals surface area contributed by atoms with Gasteiger partial charge in [-0.3, -0.25) is 4.79 Å². The van der Waals surface area contributed by atoms with Gasteiger partial charge in [-0.05, 0) is 19.9 Å². The van der Waals surface area contributed by atoms with Crippen LogP contribution in [-0.4, -0.2) is 24.0 Å². The Bertz CT molecular complexity index is 329. The van der Waals surface area contributed by atoms with Gasteiger partial charge in [0.25, 0.3) is 5.91 Å². The quantitative estimate of drug-likeness (QED) is 0.796. The average Bonchev–Trinajstić information content (AvgIpc) is 2.17. The highest BCUT2D eigenvalue weighted by Gasteiger charge is 2.07. The molecule has 78 valence electrons. The third-order valence-electron chi connectivity index (χ3n) is 1.63. The molecule has 0 aliphatic rings. The molecule has 14 heavy (non-hydrogen) atoms. The fraction of sp³-hybridized carbons (Fsp3) is 0.400. The predicted octanol–water partition coefficient (Wildman–Crippen LogP) is 1.47. The highest BCUT2D eigenvalue weighted by molar-refractivity contribution is 5.94. The molecule has 4 nitrogen and oxygen atoms in total. The second kappa shape index (κ2) is 4.60. The second-order valence-electron chi connectivity index (χ2n) is 3.22. The highest BCUT2D eigenvalue weighted by Crippen LogP contribution is 2.08. The second-order valence-corrected chi connectivity index (χ2v) is 3.22. The first-order valence-corrected chi connectivity index (χ1v) is 4.44. The summed E-state index contributed by atoms with van der Waals surface area (Å²) in [5.41, 5.74) is 0.561. The number of ether oxygens (including phenoxy) is 1. The Hall–Kier alpha value is -1.58. The number of nitrogens with zero attached hydrogens (tertiary/aromatic N) is 1. The molecule has 0 bridgehead atoms. The molecule has 0 aliphatic heterocycles. The number of carbonyl (C=O) groups is 1. The Balaban J connectivity index is 0.00000196. The van der Waals surface area contributed by atoms with E-state index in [-0.39, 0.29) is 13.4 Å². The van der Waals surface area contributed by atoms with Gasteiger partial charge in [0.15, 0.2) is 0 Å². The lowest BCUT2D eigenvalue weighted by molar-refractivity contribution is 0.0942. The number of hydrogen-bond acceptors (Lipinski definition) is 3. The average molecular weight is 196 g/mol.